The van der Waals surface area contributed by atoms with Gasteiger partial charge >= 0.3 is 5.97 Å². The maximum atomic E-state index is 12.5. The van der Waals surface area contributed by atoms with Gasteiger partial charge in [-0.15, -0.1) is 0 Å². The number of carbonyl (C=O) groups is 2. The Bertz CT molecular complexity index is 940. The van der Waals surface area contributed by atoms with E-state index in [0.717, 1.165) is 12.1 Å². The second kappa shape index (κ2) is 9.40. The number of hydrogen-bond acceptors (Lipinski definition) is 9. The first-order valence-electron chi connectivity index (χ1n) is 8.19. The zero-order valence-electron chi connectivity index (χ0n) is 16.2. The first-order chi connectivity index (χ1) is 13.9. The van der Waals surface area contributed by atoms with Crippen molar-refractivity contribution in [3.05, 3.63) is 51.6 Å². The third kappa shape index (κ3) is 4.72. The largest absolute Gasteiger partial charge is 0.497 e. The Kier molecular flexibility index (Phi) is 6.96. The molecule has 0 saturated heterocycles. The summed E-state index contributed by atoms with van der Waals surface area (Å²) in [5, 5.41) is 11.3. The van der Waals surface area contributed by atoms with Crippen molar-refractivity contribution in [2.75, 3.05) is 35.0 Å². The Hall–Kier alpha value is -3.82. The Balaban J connectivity index is 2.27. The molecule has 2 aromatic carbocycles. The standard InChI is InChI=1S/C19H19NO9/c1-25-11-5-6-16(26-2)13(7-11)15(21)10-29-19(22)12-8-17(27-3)18(28-4)9-14(12)20(23)24/h5-9H,10H2,1-4H3. The number of methoxy groups -OCH3 is 4. The molecule has 0 aliphatic carbocycles. The topological polar surface area (TPSA) is 123 Å². The summed E-state index contributed by atoms with van der Waals surface area (Å²) in [7, 11) is 5.45. The van der Waals surface area contributed by atoms with E-state index in [1.807, 2.05) is 0 Å². The molecule has 154 valence electrons. The van der Waals surface area contributed by atoms with Crippen LogP contribution in [0.3, 0.4) is 0 Å². The van der Waals surface area contributed by atoms with Crippen molar-refractivity contribution in [3.8, 4) is 23.0 Å². The summed E-state index contributed by atoms with van der Waals surface area (Å²) in [5.74, 6) is -0.774. The SMILES string of the molecule is COc1ccc(OC)c(C(=O)COC(=O)c2cc(OC)c(OC)cc2[N+](=O)[O-])c1. The summed E-state index contributed by atoms with van der Waals surface area (Å²) in [6.07, 6.45) is 0. The molecule has 0 atom stereocenters. The lowest BCUT2D eigenvalue weighted by Gasteiger charge is -2.11. The number of ketones is 1. The van der Waals surface area contributed by atoms with E-state index in [4.69, 9.17) is 23.7 Å². The summed E-state index contributed by atoms with van der Waals surface area (Å²) >= 11 is 0. The van der Waals surface area contributed by atoms with Crippen LogP contribution in [0.15, 0.2) is 30.3 Å². The van der Waals surface area contributed by atoms with Crippen LogP contribution in [0.5, 0.6) is 23.0 Å². The summed E-state index contributed by atoms with van der Waals surface area (Å²) in [4.78, 5) is 35.5. The fourth-order valence-corrected chi connectivity index (χ4v) is 2.50. The van der Waals surface area contributed by atoms with Gasteiger partial charge in [0.1, 0.15) is 17.1 Å². The van der Waals surface area contributed by atoms with Gasteiger partial charge in [0.2, 0.25) is 5.78 Å². The van der Waals surface area contributed by atoms with Crippen molar-refractivity contribution in [2.24, 2.45) is 0 Å². The van der Waals surface area contributed by atoms with Crippen LogP contribution in [0.1, 0.15) is 20.7 Å². The number of nitro groups is 1. The molecule has 0 amide bonds. The van der Waals surface area contributed by atoms with Gasteiger partial charge in [-0.1, -0.05) is 0 Å². The molecule has 0 spiro atoms. The highest BCUT2D eigenvalue weighted by Gasteiger charge is 2.26. The van der Waals surface area contributed by atoms with Gasteiger partial charge in [-0.25, -0.2) is 4.79 Å². The van der Waals surface area contributed by atoms with Crippen LogP contribution in [0.2, 0.25) is 0 Å². The minimum absolute atomic E-state index is 0.0768. The molecule has 29 heavy (non-hydrogen) atoms. The molecule has 2 rings (SSSR count). The minimum Gasteiger partial charge on any atom is -0.497 e. The average Bonchev–Trinajstić information content (AvgIpc) is 2.75. The number of nitrogens with zero attached hydrogens (tertiary/aromatic N) is 1. The van der Waals surface area contributed by atoms with Crippen molar-refractivity contribution in [1.29, 1.82) is 0 Å². The Labute approximate surface area is 166 Å². The lowest BCUT2D eigenvalue weighted by atomic mass is 10.1. The van der Waals surface area contributed by atoms with E-state index >= 15 is 0 Å². The molecule has 0 unspecified atom stereocenters. The van der Waals surface area contributed by atoms with Gasteiger partial charge in [0.25, 0.3) is 5.69 Å². The molecule has 0 aliphatic heterocycles. The van der Waals surface area contributed by atoms with Crippen molar-refractivity contribution in [1.82, 2.24) is 0 Å². The third-order valence-electron chi connectivity index (χ3n) is 3.96. The smallest absolute Gasteiger partial charge is 0.345 e. The lowest BCUT2D eigenvalue weighted by Crippen LogP contribution is -2.16. The van der Waals surface area contributed by atoms with Gasteiger partial charge in [-0.05, 0) is 18.2 Å². The van der Waals surface area contributed by atoms with Gasteiger partial charge in [0, 0.05) is 6.07 Å². The van der Waals surface area contributed by atoms with Gasteiger partial charge in [-0.2, -0.15) is 0 Å². The zero-order valence-corrected chi connectivity index (χ0v) is 16.2. The Morgan fingerprint density at radius 3 is 2.03 bits per heavy atom. The molecule has 0 N–H and O–H groups in total. The number of rotatable bonds is 9. The number of hydrogen-bond donors (Lipinski definition) is 0. The molecular formula is C19H19NO9. The van der Waals surface area contributed by atoms with Crippen LogP contribution in [-0.2, 0) is 4.74 Å². The van der Waals surface area contributed by atoms with Crippen LogP contribution >= 0.6 is 0 Å². The first-order valence-corrected chi connectivity index (χ1v) is 8.19. The van der Waals surface area contributed by atoms with Crippen LogP contribution in [0.25, 0.3) is 0 Å². The van der Waals surface area contributed by atoms with Crippen molar-refractivity contribution < 1.29 is 38.2 Å². The van der Waals surface area contributed by atoms with Gasteiger partial charge in [-0.3, -0.25) is 14.9 Å². The quantitative estimate of drug-likeness (QED) is 0.268. The van der Waals surface area contributed by atoms with Gasteiger partial charge in [0.15, 0.2) is 18.1 Å². The van der Waals surface area contributed by atoms with Crippen LogP contribution in [0.4, 0.5) is 5.69 Å². The minimum atomic E-state index is -1.06. The molecule has 0 radical (unpaired) electrons. The Morgan fingerprint density at radius 2 is 1.48 bits per heavy atom. The number of nitro benzene ring substituents is 1. The van der Waals surface area contributed by atoms with Crippen LogP contribution < -0.4 is 18.9 Å². The van der Waals surface area contributed by atoms with E-state index in [2.05, 4.69) is 0 Å². The van der Waals surface area contributed by atoms with E-state index in [9.17, 15) is 19.7 Å². The molecular weight excluding hydrogens is 386 g/mol. The molecule has 10 heteroatoms. The van der Waals surface area contributed by atoms with E-state index in [1.54, 1.807) is 6.07 Å². The predicted molar refractivity (Wildman–Crippen MR) is 100 cm³/mol. The second-order valence-corrected chi connectivity index (χ2v) is 5.55. The van der Waals surface area contributed by atoms with Gasteiger partial charge in [0.05, 0.1) is 45.0 Å². The number of Topliss-reactive ketones (excluding diaryl/α,β-unsaturated/α-hetero) is 1. The fraction of sp³-hybridized carbons (Fsp3) is 0.263. The van der Waals surface area contributed by atoms with Crippen LogP contribution in [0, 0.1) is 10.1 Å². The predicted octanol–water partition coefficient (Wildman–Crippen LogP) is 2.67. The maximum Gasteiger partial charge on any atom is 0.345 e. The maximum absolute atomic E-state index is 12.5. The molecule has 0 bridgehead atoms. The second-order valence-electron chi connectivity index (χ2n) is 5.55. The number of ether oxygens (including phenoxy) is 5. The molecule has 0 aromatic heterocycles. The highest BCUT2D eigenvalue weighted by molar-refractivity contribution is 6.02. The number of benzene rings is 2. The molecule has 2 aromatic rings. The van der Waals surface area contributed by atoms with Crippen molar-refractivity contribution in [2.45, 2.75) is 0 Å². The normalized spacial score (nSPS) is 10.1. The number of esters is 1. The van der Waals surface area contributed by atoms with Crippen LogP contribution in [-0.4, -0.2) is 51.7 Å². The number of carbonyl (C=O) groups excluding carboxylic acids is 2. The monoisotopic (exact) mass is 405 g/mol. The average molecular weight is 405 g/mol. The molecule has 10 nitrogen and oxygen atoms in total. The van der Waals surface area contributed by atoms with E-state index in [-0.39, 0.29) is 28.4 Å². The summed E-state index contributed by atoms with van der Waals surface area (Å²) in [5.41, 5.74) is -0.779. The molecule has 0 heterocycles. The third-order valence-corrected chi connectivity index (χ3v) is 3.96. The molecule has 0 fully saturated rings. The summed E-state index contributed by atoms with van der Waals surface area (Å²) in [6.45, 7) is -0.659. The molecule has 0 aliphatic rings. The highest BCUT2D eigenvalue weighted by Crippen LogP contribution is 2.35. The highest BCUT2D eigenvalue weighted by atomic mass is 16.6. The van der Waals surface area contributed by atoms with Gasteiger partial charge < -0.3 is 23.7 Å². The lowest BCUT2D eigenvalue weighted by molar-refractivity contribution is -0.385. The first kappa shape index (κ1) is 21.5. The Morgan fingerprint density at radius 1 is 0.862 bits per heavy atom. The van der Waals surface area contributed by atoms with Crippen molar-refractivity contribution >= 4 is 17.4 Å². The molecule has 0 saturated carbocycles. The van der Waals surface area contributed by atoms with Crippen molar-refractivity contribution in [3.63, 3.8) is 0 Å². The zero-order chi connectivity index (χ0) is 21.6. The summed E-state index contributed by atoms with van der Waals surface area (Å²) < 4.78 is 25.3. The fourth-order valence-electron chi connectivity index (χ4n) is 2.50. The van der Waals surface area contributed by atoms with E-state index in [1.165, 1.54) is 40.6 Å². The summed E-state index contributed by atoms with van der Waals surface area (Å²) in [6, 6.07) is 6.74. The van der Waals surface area contributed by atoms with E-state index < -0.39 is 29.0 Å². The van der Waals surface area contributed by atoms with E-state index in [0.29, 0.717) is 5.75 Å².